The van der Waals surface area contributed by atoms with E-state index in [4.69, 9.17) is 0 Å². The number of rotatable bonds is 3. The molecule has 0 spiro atoms. The van der Waals surface area contributed by atoms with E-state index in [0.717, 1.165) is 36.0 Å². The first-order chi connectivity index (χ1) is 10.1. The molecule has 0 amide bonds. The fourth-order valence-electron chi connectivity index (χ4n) is 2.63. The number of nitrogens with zero attached hydrogens (tertiary/aromatic N) is 4. The second kappa shape index (κ2) is 5.81. The van der Waals surface area contributed by atoms with Crippen molar-refractivity contribution in [1.82, 2.24) is 24.8 Å². The minimum absolute atomic E-state index is 0.416. The van der Waals surface area contributed by atoms with Gasteiger partial charge in [0.05, 0.1) is 24.3 Å². The number of aryl methyl sites for hydroxylation is 1. The Kier molecular flexibility index (Phi) is 3.88. The Hall–Kier alpha value is -1.95. The molecule has 2 aromatic heterocycles. The minimum Gasteiger partial charge on any atom is -0.365 e. The molecule has 2 N–H and O–H groups in total. The van der Waals surface area contributed by atoms with E-state index in [0.29, 0.717) is 12.1 Å². The summed E-state index contributed by atoms with van der Waals surface area (Å²) in [5.41, 5.74) is 1.83. The number of hydrogen-bond acceptors (Lipinski definition) is 5. The zero-order valence-electron chi connectivity index (χ0n) is 12.8. The van der Waals surface area contributed by atoms with Crippen molar-refractivity contribution in [2.45, 2.75) is 38.8 Å². The lowest BCUT2D eigenvalue weighted by Gasteiger charge is -2.28. The summed E-state index contributed by atoms with van der Waals surface area (Å²) in [4.78, 5) is 13.3. The average Bonchev–Trinajstić information content (AvgIpc) is 2.82. The van der Waals surface area contributed by atoms with Gasteiger partial charge in [-0.05, 0) is 26.7 Å². The van der Waals surface area contributed by atoms with Gasteiger partial charge in [0.25, 0.3) is 0 Å². The van der Waals surface area contributed by atoms with Crippen LogP contribution in [0, 0.1) is 6.92 Å². The summed E-state index contributed by atoms with van der Waals surface area (Å²) in [5, 5.41) is 6.96. The van der Waals surface area contributed by atoms with Gasteiger partial charge in [-0.2, -0.15) is 0 Å². The highest BCUT2D eigenvalue weighted by Crippen LogP contribution is 2.19. The van der Waals surface area contributed by atoms with Crippen molar-refractivity contribution in [3.05, 3.63) is 24.4 Å². The fourth-order valence-corrected chi connectivity index (χ4v) is 2.63. The van der Waals surface area contributed by atoms with Crippen molar-refractivity contribution in [3.8, 4) is 11.4 Å². The molecule has 6 nitrogen and oxygen atoms in total. The number of hydrogen-bond donors (Lipinski definition) is 2. The van der Waals surface area contributed by atoms with Crippen molar-refractivity contribution >= 4 is 5.82 Å². The first-order valence-electron chi connectivity index (χ1n) is 7.44. The molecule has 1 saturated heterocycles. The lowest BCUT2D eigenvalue weighted by molar-refractivity contribution is 0.398. The summed E-state index contributed by atoms with van der Waals surface area (Å²) in [5.74, 6) is 1.79. The predicted molar refractivity (Wildman–Crippen MR) is 83.1 cm³/mol. The van der Waals surface area contributed by atoms with Crippen LogP contribution in [0.5, 0.6) is 0 Å². The van der Waals surface area contributed by atoms with Gasteiger partial charge in [-0.25, -0.2) is 9.97 Å². The topological polar surface area (TPSA) is 67.7 Å². The van der Waals surface area contributed by atoms with Crippen LogP contribution in [0.2, 0.25) is 0 Å². The van der Waals surface area contributed by atoms with E-state index >= 15 is 0 Å². The molecule has 1 fully saturated rings. The molecule has 0 saturated carbocycles. The van der Waals surface area contributed by atoms with E-state index in [1.807, 2.05) is 24.7 Å². The molecular formula is C15H22N6. The van der Waals surface area contributed by atoms with E-state index in [1.54, 1.807) is 12.4 Å². The van der Waals surface area contributed by atoms with Gasteiger partial charge < -0.3 is 15.2 Å². The van der Waals surface area contributed by atoms with Crippen LogP contribution in [0.1, 0.15) is 25.6 Å². The zero-order chi connectivity index (χ0) is 14.8. The molecule has 2 unspecified atom stereocenters. The van der Waals surface area contributed by atoms with Crippen LogP contribution >= 0.6 is 0 Å². The Morgan fingerprint density at radius 2 is 2.14 bits per heavy atom. The maximum Gasteiger partial charge on any atom is 0.145 e. The quantitative estimate of drug-likeness (QED) is 0.899. The maximum absolute atomic E-state index is 4.67. The highest BCUT2D eigenvalue weighted by Gasteiger charge is 2.18. The molecule has 0 aromatic carbocycles. The maximum atomic E-state index is 4.67. The average molecular weight is 286 g/mol. The third kappa shape index (κ3) is 3.05. The summed E-state index contributed by atoms with van der Waals surface area (Å²) >= 11 is 0. The SMILES string of the molecule is Cc1ncc(-c2cncc(NC3CCC(C)NC3)n2)n1C. The number of nitrogens with one attached hydrogen (secondary N) is 2. The van der Waals surface area contributed by atoms with Crippen molar-refractivity contribution < 1.29 is 0 Å². The molecule has 21 heavy (non-hydrogen) atoms. The molecular weight excluding hydrogens is 264 g/mol. The van der Waals surface area contributed by atoms with Crippen molar-refractivity contribution in [2.24, 2.45) is 7.05 Å². The molecule has 2 aromatic rings. The smallest absolute Gasteiger partial charge is 0.145 e. The summed E-state index contributed by atoms with van der Waals surface area (Å²) in [7, 11) is 1.99. The molecule has 2 atom stereocenters. The first-order valence-corrected chi connectivity index (χ1v) is 7.44. The largest absolute Gasteiger partial charge is 0.365 e. The van der Waals surface area contributed by atoms with Gasteiger partial charge in [-0.3, -0.25) is 4.98 Å². The molecule has 0 aliphatic carbocycles. The van der Waals surface area contributed by atoms with Gasteiger partial charge in [0.2, 0.25) is 0 Å². The van der Waals surface area contributed by atoms with E-state index in [9.17, 15) is 0 Å². The summed E-state index contributed by atoms with van der Waals surface area (Å²) < 4.78 is 2.03. The lowest BCUT2D eigenvalue weighted by Crippen LogP contribution is -2.43. The fraction of sp³-hybridized carbons (Fsp3) is 0.533. The van der Waals surface area contributed by atoms with Crippen LogP contribution in [-0.4, -0.2) is 38.1 Å². The zero-order valence-corrected chi connectivity index (χ0v) is 12.8. The Bertz CT molecular complexity index is 612. The van der Waals surface area contributed by atoms with Gasteiger partial charge >= 0.3 is 0 Å². The van der Waals surface area contributed by atoms with Crippen LogP contribution < -0.4 is 10.6 Å². The lowest BCUT2D eigenvalue weighted by atomic mass is 10.0. The van der Waals surface area contributed by atoms with Gasteiger partial charge in [-0.1, -0.05) is 0 Å². The number of aromatic nitrogens is 4. The molecule has 112 valence electrons. The first kappa shape index (κ1) is 14.0. The van der Waals surface area contributed by atoms with Crippen LogP contribution in [0.15, 0.2) is 18.6 Å². The second-order valence-electron chi connectivity index (χ2n) is 5.77. The van der Waals surface area contributed by atoms with Gasteiger partial charge in [0.1, 0.15) is 17.3 Å². The predicted octanol–water partition coefficient (Wildman–Crippen LogP) is 1.74. The third-order valence-electron chi connectivity index (χ3n) is 4.13. The van der Waals surface area contributed by atoms with Gasteiger partial charge in [0, 0.05) is 25.7 Å². The van der Waals surface area contributed by atoms with Crippen molar-refractivity contribution in [2.75, 3.05) is 11.9 Å². The van der Waals surface area contributed by atoms with Gasteiger partial charge in [0.15, 0.2) is 0 Å². The van der Waals surface area contributed by atoms with E-state index in [-0.39, 0.29) is 0 Å². The van der Waals surface area contributed by atoms with Crippen molar-refractivity contribution in [1.29, 1.82) is 0 Å². The Morgan fingerprint density at radius 1 is 1.29 bits per heavy atom. The van der Waals surface area contributed by atoms with Crippen LogP contribution in [0.3, 0.4) is 0 Å². The van der Waals surface area contributed by atoms with E-state index in [1.165, 1.54) is 6.42 Å². The monoisotopic (exact) mass is 286 g/mol. The highest BCUT2D eigenvalue weighted by molar-refractivity contribution is 5.55. The number of piperidine rings is 1. The number of anilines is 1. The molecule has 3 rings (SSSR count). The molecule has 1 aliphatic rings. The second-order valence-corrected chi connectivity index (χ2v) is 5.77. The van der Waals surface area contributed by atoms with Crippen molar-refractivity contribution in [3.63, 3.8) is 0 Å². The summed E-state index contributed by atoms with van der Waals surface area (Å²) in [6.07, 6.45) is 7.75. The minimum atomic E-state index is 0.416. The van der Waals surface area contributed by atoms with Crippen LogP contribution in [0.25, 0.3) is 11.4 Å². The summed E-state index contributed by atoms with van der Waals surface area (Å²) in [6.45, 7) is 5.17. The van der Waals surface area contributed by atoms with Crippen LogP contribution in [-0.2, 0) is 7.05 Å². The normalized spacial score (nSPS) is 22.2. The van der Waals surface area contributed by atoms with E-state index < -0.39 is 0 Å². The number of imidazole rings is 1. The standard InChI is InChI=1S/C15H22N6/c1-10-4-5-12(6-17-10)19-15-9-16-7-13(20-15)14-8-18-11(2)21(14)3/h7-10,12,17H,4-6H2,1-3H3,(H,19,20). The molecule has 1 aliphatic heterocycles. The molecule has 0 radical (unpaired) electrons. The Labute approximate surface area is 125 Å². The van der Waals surface area contributed by atoms with E-state index in [2.05, 4.69) is 32.5 Å². The highest BCUT2D eigenvalue weighted by atomic mass is 15.1. The molecule has 0 bridgehead atoms. The Morgan fingerprint density at radius 3 is 2.81 bits per heavy atom. The molecule has 3 heterocycles. The molecule has 6 heteroatoms. The third-order valence-corrected chi connectivity index (χ3v) is 4.13. The van der Waals surface area contributed by atoms with Gasteiger partial charge in [-0.15, -0.1) is 0 Å². The van der Waals surface area contributed by atoms with Crippen LogP contribution in [0.4, 0.5) is 5.82 Å². The summed E-state index contributed by atoms with van der Waals surface area (Å²) in [6, 6.07) is 1.02. The Balaban J connectivity index is 1.76.